The number of carboxylic acids is 2. The van der Waals surface area contributed by atoms with Crippen LogP contribution in [0.1, 0.15) is 19.8 Å². The van der Waals surface area contributed by atoms with Crippen molar-refractivity contribution in [3.63, 3.8) is 0 Å². The van der Waals surface area contributed by atoms with Crippen molar-refractivity contribution in [1.29, 1.82) is 0 Å². The van der Waals surface area contributed by atoms with E-state index in [2.05, 4.69) is 15.4 Å². The smallest absolute Gasteiger partial charge is 0.367 e. The number of hydrogen-bond donors (Lipinski definition) is 4. The Morgan fingerprint density at radius 1 is 1.04 bits per heavy atom. The summed E-state index contributed by atoms with van der Waals surface area (Å²) in [7, 11) is 1.14. The van der Waals surface area contributed by atoms with Gasteiger partial charge in [-0.2, -0.15) is 0 Å². The number of aliphatic carboxylic acids is 2. The molecule has 0 saturated heterocycles. The monoisotopic (exact) mass is 350 g/mol. The van der Waals surface area contributed by atoms with Gasteiger partial charge in [-0.3, -0.25) is 9.59 Å². The molecule has 0 bridgehead atoms. The van der Waals surface area contributed by atoms with E-state index in [0.29, 0.717) is 11.8 Å². The van der Waals surface area contributed by atoms with Crippen LogP contribution in [0.3, 0.4) is 0 Å². The number of hydrogen-bond acceptors (Lipinski definition) is 7. The maximum Gasteiger partial charge on any atom is 0.367 e. The summed E-state index contributed by atoms with van der Waals surface area (Å²) in [5.41, 5.74) is 0. The summed E-state index contributed by atoms with van der Waals surface area (Å²) in [6.45, 7) is 1.14. The van der Waals surface area contributed by atoms with E-state index < -0.39 is 41.1 Å². The number of methoxy groups -OCH3 is 1. The molecule has 10 nitrogen and oxygen atoms in total. The minimum Gasteiger partial charge on any atom is -0.480 e. The molecule has 0 rings (SSSR count). The van der Waals surface area contributed by atoms with Crippen LogP contribution in [0.4, 0.5) is 4.79 Å². The highest BCUT2D eigenvalue weighted by atomic mass is 32.2. The first-order valence-corrected chi connectivity index (χ1v) is 7.38. The highest BCUT2D eigenvalue weighted by Crippen LogP contribution is 2.07. The van der Waals surface area contributed by atoms with Gasteiger partial charge < -0.3 is 25.6 Å². The Morgan fingerprint density at radius 2 is 1.61 bits per heavy atom. The number of ether oxygens (including phenoxy) is 1. The maximum absolute atomic E-state index is 11.7. The third-order valence-corrected chi connectivity index (χ3v) is 3.41. The Labute approximate surface area is 135 Å². The topological polar surface area (TPSA) is 159 Å². The summed E-state index contributed by atoms with van der Waals surface area (Å²) in [5, 5.41) is 21.5. The van der Waals surface area contributed by atoms with Gasteiger partial charge in [-0.05, 0) is 18.2 Å². The summed E-state index contributed by atoms with van der Waals surface area (Å²) in [6.07, 6.45) is -0.499. The molecule has 0 saturated carbocycles. The molecule has 0 aromatic heterocycles. The lowest BCUT2D eigenvalue weighted by molar-refractivity contribution is -0.143. The van der Waals surface area contributed by atoms with Gasteiger partial charge in [-0.25, -0.2) is 14.4 Å². The van der Waals surface area contributed by atoms with Gasteiger partial charge in [0.2, 0.25) is 11.8 Å². The minimum atomic E-state index is -1.34. The predicted molar refractivity (Wildman–Crippen MR) is 78.9 cm³/mol. The fourth-order valence-electron chi connectivity index (χ4n) is 1.43. The zero-order valence-electron chi connectivity index (χ0n) is 12.5. The molecule has 23 heavy (non-hydrogen) atoms. The van der Waals surface area contributed by atoms with Gasteiger partial charge in [-0.15, -0.1) is 0 Å². The molecule has 0 heterocycles. The molecular weight excluding hydrogens is 332 g/mol. The maximum atomic E-state index is 11.7. The van der Waals surface area contributed by atoms with Crippen LogP contribution in [0, 0.1) is 0 Å². The minimum absolute atomic E-state index is 0.197. The Balaban J connectivity index is 4.46. The SMILES string of the molecule is COC(=O)SC[C@H](NC(=O)CC[C@H](NC(C)=O)C(=O)O)C(=O)O. The van der Waals surface area contributed by atoms with Gasteiger partial charge in [0.15, 0.2) is 0 Å². The largest absolute Gasteiger partial charge is 0.480 e. The summed E-state index contributed by atoms with van der Waals surface area (Å²) in [4.78, 5) is 55.4. The summed E-state index contributed by atoms with van der Waals surface area (Å²) < 4.78 is 4.34. The van der Waals surface area contributed by atoms with Crippen molar-refractivity contribution in [2.24, 2.45) is 0 Å². The quantitative estimate of drug-likeness (QED) is 0.399. The molecular formula is C12H18N2O8S. The lowest BCUT2D eigenvalue weighted by Crippen LogP contribution is -2.44. The van der Waals surface area contributed by atoms with Gasteiger partial charge in [0.1, 0.15) is 12.1 Å². The number of amides is 2. The molecule has 0 radical (unpaired) electrons. The van der Waals surface area contributed by atoms with Gasteiger partial charge in [0, 0.05) is 19.1 Å². The van der Waals surface area contributed by atoms with Crippen molar-refractivity contribution < 1.29 is 38.9 Å². The third-order valence-electron chi connectivity index (χ3n) is 2.50. The number of rotatable bonds is 9. The molecule has 2 amide bonds. The van der Waals surface area contributed by atoms with Gasteiger partial charge >= 0.3 is 17.2 Å². The second kappa shape index (κ2) is 10.4. The van der Waals surface area contributed by atoms with Crippen LogP contribution >= 0.6 is 11.8 Å². The zero-order chi connectivity index (χ0) is 18.0. The summed E-state index contributed by atoms with van der Waals surface area (Å²) in [6, 6.07) is -2.57. The van der Waals surface area contributed by atoms with E-state index in [4.69, 9.17) is 10.2 Å². The van der Waals surface area contributed by atoms with E-state index in [0.717, 1.165) is 14.0 Å². The highest BCUT2D eigenvalue weighted by Gasteiger charge is 2.24. The van der Waals surface area contributed by atoms with Gasteiger partial charge in [0.05, 0.1) is 7.11 Å². The Morgan fingerprint density at radius 3 is 2.04 bits per heavy atom. The van der Waals surface area contributed by atoms with Gasteiger partial charge in [-0.1, -0.05) is 0 Å². The molecule has 2 atom stereocenters. The van der Waals surface area contributed by atoms with Crippen LogP contribution in [0.15, 0.2) is 0 Å². The van der Waals surface area contributed by atoms with Crippen LogP contribution in [-0.4, -0.2) is 64.2 Å². The Hall–Kier alpha value is -2.30. The number of nitrogens with one attached hydrogen (secondary N) is 2. The van der Waals surface area contributed by atoms with E-state index in [1.165, 1.54) is 0 Å². The van der Waals surface area contributed by atoms with E-state index in [1.54, 1.807) is 0 Å². The average Bonchev–Trinajstić information content (AvgIpc) is 2.46. The van der Waals surface area contributed by atoms with E-state index >= 15 is 0 Å². The molecule has 0 aromatic carbocycles. The standard InChI is InChI=1S/C12H18N2O8S/c1-6(15)13-7(10(17)18)3-4-9(16)14-8(11(19)20)5-23-12(21)22-2/h7-8H,3-5H2,1-2H3,(H,13,15)(H,14,16)(H,17,18)(H,19,20)/t7-,8-/m0/s1. The molecule has 0 unspecified atom stereocenters. The van der Waals surface area contributed by atoms with Gasteiger partial charge in [0.25, 0.3) is 0 Å². The van der Waals surface area contributed by atoms with Crippen molar-refractivity contribution >= 4 is 40.8 Å². The molecule has 4 N–H and O–H groups in total. The summed E-state index contributed by atoms with van der Waals surface area (Å²) >= 11 is 0.585. The second-order valence-electron chi connectivity index (χ2n) is 4.35. The number of carbonyl (C=O) groups is 5. The van der Waals surface area contributed by atoms with Crippen LogP contribution in [0.5, 0.6) is 0 Å². The van der Waals surface area contributed by atoms with Crippen molar-refractivity contribution in [2.75, 3.05) is 12.9 Å². The van der Waals surface area contributed by atoms with Crippen LogP contribution < -0.4 is 10.6 Å². The fraction of sp³-hybridized carbons (Fsp3) is 0.583. The number of thioether (sulfide) groups is 1. The van der Waals surface area contributed by atoms with Crippen LogP contribution in [0.2, 0.25) is 0 Å². The molecule has 0 aromatic rings. The van der Waals surface area contributed by atoms with Crippen molar-refractivity contribution in [2.45, 2.75) is 31.8 Å². The number of carboxylic acid groups (broad SMARTS) is 2. The normalized spacial score (nSPS) is 12.6. The fourth-order valence-corrected chi connectivity index (χ4v) is 2.08. The Kier molecular flexibility index (Phi) is 9.39. The van der Waals surface area contributed by atoms with E-state index in [1.807, 2.05) is 0 Å². The third kappa shape index (κ3) is 9.34. The molecule has 0 fully saturated rings. The van der Waals surface area contributed by atoms with Crippen LogP contribution in [0.25, 0.3) is 0 Å². The van der Waals surface area contributed by atoms with Crippen molar-refractivity contribution in [3.05, 3.63) is 0 Å². The first-order chi connectivity index (χ1) is 10.7. The van der Waals surface area contributed by atoms with Crippen molar-refractivity contribution in [1.82, 2.24) is 10.6 Å². The molecule has 0 aliphatic carbocycles. The predicted octanol–water partition coefficient (Wildman–Crippen LogP) is -0.575. The van der Waals surface area contributed by atoms with E-state index in [9.17, 15) is 24.0 Å². The van der Waals surface area contributed by atoms with Crippen molar-refractivity contribution in [3.8, 4) is 0 Å². The Bertz CT molecular complexity index is 482. The molecule has 0 spiro atoms. The molecule has 0 aliphatic rings. The first-order valence-electron chi connectivity index (χ1n) is 6.40. The second-order valence-corrected chi connectivity index (χ2v) is 5.31. The molecule has 0 aliphatic heterocycles. The lowest BCUT2D eigenvalue weighted by Gasteiger charge is -2.15. The zero-order valence-corrected chi connectivity index (χ0v) is 13.3. The molecule has 130 valence electrons. The summed E-state index contributed by atoms with van der Waals surface area (Å²) in [5.74, 6) is -4.15. The average molecular weight is 350 g/mol. The van der Waals surface area contributed by atoms with Crippen LogP contribution in [-0.2, 0) is 23.9 Å². The number of carbonyl (C=O) groups excluding carboxylic acids is 3. The molecule has 11 heteroatoms. The van der Waals surface area contributed by atoms with E-state index in [-0.39, 0.29) is 18.6 Å². The lowest BCUT2D eigenvalue weighted by atomic mass is 10.1. The highest BCUT2D eigenvalue weighted by molar-refractivity contribution is 8.13. The first kappa shape index (κ1) is 20.7.